The molecule has 1 aromatic carbocycles. The lowest BCUT2D eigenvalue weighted by Crippen LogP contribution is -2.32. The average Bonchev–Trinajstić information content (AvgIpc) is 2.66. The van der Waals surface area contributed by atoms with E-state index in [2.05, 4.69) is 36.9 Å². The van der Waals surface area contributed by atoms with Gasteiger partial charge in [0.2, 0.25) is 0 Å². The van der Waals surface area contributed by atoms with Crippen molar-refractivity contribution in [3.63, 3.8) is 0 Å². The highest BCUT2D eigenvalue weighted by Gasteiger charge is 2.35. The van der Waals surface area contributed by atoms with E-state index in [0.717, 1.165) is 19.5 Å². The lowest BCUT2D eigenvalue weighted by molar-refractivity contribution is -0.142. The van der Waals surface area contributed by atoms with Crippen molar-refractivity contribution in [2.24, 2.45) is 5.92 Å². The molecule has 1 N–H and O–H groups in total. The molecule has 1 aliphatic rings. The number of aliphatic carboxylic acids is 1. The van der Waals surface area contributed by atoms with Gasteiger partial charge in [0.15, 0.2) is 0 Å². The average molecular weight is 247 g/mol. The van der Waals surface area contributed by atoms with Gasteiger partial charge in [0, 0.05) is 12.6 Å². The van der Waals surface area contributed by atoms with Crippen molar-refractivity contribution in [3.8, 4) is 0 Å². The van der Waals surface area contributed by atoms with E-state index in [0.29, 0.717) is 0 Å². The molecule has 0 saturated carbocycles. The molecule has 2 atom stereocenters. The molecule has 1 fully saturated rings. The molecule has 2 unspecified atom stereocenters. The van der Waals surface area contributed by atoms with E-state index in [1.807, 2.05) is 6.92 Å². The summed E-state index contributed by atoms with van der Waals surface area (Å²) in [4.78, 5) is 13.3. The molecule has 0 spiro atoms. The molecule has 1 aromatic rings. The minimum absolute atomic E-state index is 0.129. The molecule has 1 saturated heterocycles. The fourth-order valence-electron chi connectivity index (χ4n) is 2.69. The first kappa shape index (κ1) is 13.1. The van der Waals surface area contributed by atoms with Crippen molar-refractivity contribution < 1.29 is 9.90 Å². The summed E-state index contributed by atoms with van der Waals surface area (Å²) in [6.45, 7) is 7.98. The Hall–Kier alpha value is -1.35. The fourth-order valence-corrected chi connectivity index (χ4v) is 2.69. The van der Waals surface area contributed by atoms with Gasteiger partial charge in [0.1, 0.15) is 0 Å². The lowest BCUT2D eigenvalue weighted by Gasteiger charge is -2.23. The Kier molecular flexibility index (Phi) is 3.71. The molecule has 0 radical (unpaired) electrons. The molecule has 1 heterocycles. The van der Waals surface area contributed by atoms with Gasteiger partial charge in [-0.3, -0.25) is 9.69 Å². The van der Waals surface area contributed by atoms with Crippen molar-refractivity contribution in [1.82, 2.24) is 4.90 Å². The Balaban J connectivity index is 2.06. The highest BCUT2D eigenvalue weighted by Crippen LogP contribution is 2.26. The molecule has 3 nitrogen and oxygen atoms in total. The maximum atomic E-state index is 11.1. The predicted octanol–water partition coefficient (Wildman–Crippen LogP) is 2.60. The minimum Gasteiger partial charge on any atom is -0.481 e. The number of hydrogen-bond acceptors (Lipinski definition) is 2. The standard InChI is InChI=1S/C15H21NO2/c1-10-4-5-13(8-11(10)2)9-16-7-6-14(12(16)3)15(17)18/h4-5,8,12,14H,6-7,9H2,1-3H3,(H,17,18). The third-order valence-corrected chi connectivity index (χ3v) is 4.16. The second-order valence-electron chi connectivity index (χ2n) is 5.36. The van der Waals surface area contributed by atoms with Crippen LogP contribution < -0.4 is 0 Å². The third kappa shape index (κ3) is 2.56. The van der Waals surface area contributed by atoms with Gasteiger partial charge < -0.3 is 5.11 Å². The summed E-state index contributed by atoms with van der Waals surface area (Å²) < 4.78 is 0. The SMILES string of the molecule is Cc1ccc(CN2CCC(C(=O)O)C2C)cc1C. The van der Waals surface area contributed by atoms with Crippen molar-refractivity contribution in [1.29, 1.82) is 0 Å². The summed E-state index contributed by atoms with van der Waals surface area (Å²) >= 11 is 0. The number of nitrogens with zero attached hydrogens (tertiary/aromatic N) is 1. The number of likely N-dealkylation sites (tertiary alicyclic amines) is 1. The Morgan fingerprint density at radius 1 is 1.39 bits per heavy atom. The first-order valence-electron chi connectivity index (χ1n) is 6.52. The van der Waals surface area contributed by atoms with Crippen molar-refractivity contribution >= 4 is 5.97 Å². The van der Waals surface area contributed by atoms with E-state index in [1.54, 1.807) is 0 Å². The Morgan fingerprint density at radius 2 is 2.11 bits per heavy atom. The number of carboxylic acid groups (broad SMARTS) is 1. The van der Waals surface area contributed by atoms with Crippen LogP contribution in [0.5, 0.6) is 0 Å². The van der Waals surface area contributed by atoms with E-state index in [9.17, 15) is 4.79 Å². The van der Waals surface area contributed by atoms with E-state index >= 15 is 0 Å². The zero-order chi connectivity index (χ0) is 13.3. The minimum atomic E-state index is -0.662. The Labute approximate surface area is 108 Å². The zero-order valence-corrected chi connectivity index (χ0v) is 11.3. The van der Waals surface area contributed by atoms with Crippen LogP contribution in [0.1, 0.15) is 30.0 Å². The third-order valence-electron chi connectivity index (χ3n) is 4.16. The summed E-state index contributed by atoms with van der Waals surface area (Å²) in [7, 11) is 0. The van der Waals surface area contributed by atoms with Crippen LogP contribution in [-0.2, 0) is 11.3 Å². The number of hydrogen-bond donors (Lipinski definition) is 1. The van der Waals surface area contributed by atoms with Gasteiger partial charge in [0.25, 0.3) is 0 Å². The Bertz CT molecular complexity index is 456. The monoisotopic (exact) mass is 247 g/mol. The number of benzene rings is 1. The number of carbonyl (C=O) groups is 1. The number of carboxylic acids is 1. The van der Waals surface area contributed by atoms with Crippen molar-refractivity contribution in [3.05, 3.63) is 34.9 Å². The predicted molar refractivity (Wildman–Crippen MR) is 71.5 cm³/mol. The molecule has 2 rings (SSSR count). The largest absolute Gasteiger partial charge is 0.481 e. The molecule has 98 valence electrons. The van der Waals surface area contributed by atoms with Crippen molar-refractivity contribution in [2.75, 3.05) is 6.54 Å². The van der Waals surface area contributed by atoms with Gasteiger partial charge >= 0.3 is 5.97 Å². The van der Waals surface area contributed by atoms with E-state index in [1.165, 1.54) is 16.7 Å². The fraction of sp³-hybridized carbons (Fsp3) is 0.533. The first-order valence-corrected chi connectivity index (χ1v) is 6.52. The first-order chi connectivity index (χ1) is 8.49. The molecular weight excluding hydrogens is 226 g/mol. The molecule has 0 amide bonds. The summed E-state index contributed by atoms with van der Waals surface area (Å²) in [5.41, 5.74) is 3.88. The summed E-state index contributed by atoms with van der Waals surface area (Å²) in [6.07, 6.45) is 0.765. The van der Waals surface area contributed by atoms with E-state index in [4.69, 9.17) is 5.11 Å². The second-order valence-corrected chi connectivity index (χ2v) is 5.36. The zero-order valence-electron chi connectivity index (χ0n) is 11.3. The van der Waals surface area contributed by atoms with Gasteiger partial charge in [-0.05, 0) is 50.4 Å². The quantitative estimate of drug-likeness (QED) is 0.892. The maximum absolute atomic E-state index is 11.1. The van der Waals surface area contributed by atoms with Crippen LogP contribution in [0.4, 0.5) is 0 Å². The van der Waals surface area contributed by atoms with E-state index < -0.39 is 5.97 Å². The molecular formula is C15H21NO2. The Morgan fingerprint density at radius 3 is 2.67 bits per heavy atom. The van der Waals surface area contributed by atoms with Crippen LogP contribution in [0.3, 0.4) is 0 Å². The van der Waals surface area contributed by atoms with Crippen LogP contribution in [0.2, 0.25) is 0 Å². The maximum Gasteiger partial charge on any atom is 0.308 e. The van der Waals surface area contributed by atoms with Crippen molar-refractivity contribution in [2.45, 2.75) is 39.8 Å². The van der Waals surface area contributed by atoms with Gasteiger partial charge in [-0.15, -0.1) is 0 Å². The molecule has 3 heteroatoms. The van der Waals surface area contributed by atoms with Crippen LogP contribution in [0, 0.1) is 19.8 Å². The number of rotatable bonds is 3. The van der Waals surface area contributed by atoms with Crippen LogP contribution >= 0.6 is 0 Å². The molecule has 1 aliphatic heterocycles. The van der Waals surface area contributed by atoms with E-state index in [-0.39, 0.29) is 12.0 Å². The van der Waals surface area contributed by atoms with Gasteiger partial charge in [0.05, 0.1) is 5.92 Å². The topological polar surface area (TPSA) is 40.5 Å². The smallest absolute Gasteiger partial charge is 0.308 e. The number of aryl methyl sites for hydroxylation is 2. The molecule has 0 bridgehead atoms. The summed E-state index contributed by atoms with van der Waals surface area (Å²) in [5.74, 6) is -0.873. The molecule has 18 heavy (non-hydrogen) atoms. The highest BCUT2D eigenvalue weighted by molar-refractivity contribution is 5.71. The normalized spacial score (nSPS) is 24.4. The highest BCUT2D eigenvalue weighted by atomic mass is 16.4. The van der Waals surface area contributed by atoms with Crippen LogP contribution in [0.15, 0.2) is 18.2 Å². The molecule has 0 aliphatic carbocycles. The summed E-state index contributed by atoms with van der Waals surface area (Å²) in [6, 6.07) is 6.61. The van der Waals surface area contributed by atoms with Gasteiger partial charge in [-0.2, -0.15) is 0 Å². The molecule has 0 aromatic heterocycles. The van der Waals surface area contributed by atoms with Crippen LogP contribution in [-0.4, -0.2) is 28.6 Å². The second kappa shape index (κ2) is 5.11. The van der Waals surface area contributed by atoms with Crippen LogP contribution in [0.25, 0.3) is 0 Å². The lowest BCUT2D eigenvalue weighted by atomic mass is 10.0. The van der Waals surface area contributed by atoms with Gasteiger partial charge in [-0.1, -0.05) is 18.2 Å². The summed E-state index contributed by atoms with van der Waals surface area (Å²) in [5, 5.41) is 9.12. The van der Waals surface area contributed by atoms with Gasteiger partial charge in [-0.25, -0.2) is 0 Å².